The first-order chi connectivity index (χ1) is 10.00. The Balaban J connectivity index is 1.64. The van der Waals surface area contributed by atoms with Crippen LogP contribution in [0.25, 0.3) is 0 Å². The number of rotatable bonds is 3. The van der Waals surface area contributed by atoms with Crippen LogP contribution in [-0.2, 0) is 21.7 Å². The van der Waals surface area contributed by atoms with E-state index >= 15 is 0 Å². The number of hydrogen-bond acceptors (Lipinski definition) is 4. The van der Waals surface area contributed by atoms with Gasteiger partial charge in [-0.15, -0.1) is 0 Å². The molecule has 2 aliphatic rings. The summed E-state index contributed by atoms with van der Waals surface area (Å²) in [7, 11) is -1.78. The fraction of sp³-hybridized carbons (Fsp3) is 0.571. The SMILES string of the molecule is Cn1ccnc1S(=O)(=O)C1CN(C(=O)[C@@H]2CC=CCC2)C1. The van der Waals surface area contributed by atoms with Crippen molar-refractivity contribution in [2.75, 3.05) is 13.1 Å². The van der Waals surface area contributed by atoms with E-state index in [1.54, 1.807) is 18.1 Å². The Kier molecular flexibility index (Phi) is 3.61. The van der Waals surface area contributed by atoms with Gasteiger partial charge in [-0.3, -0.25) is 4.79 Å². The van der Waals surface area contributed by atoms with Gasteiger partial charge in [0.1, 0.15) is 5.25 Å². The third-order valence-electron chi connectivity index (χ3n) is 4.25. The Bertz CT molecular complexity index is 671. The Hall–Kier alpha value is -1.63. The van der Waals surface area contributed by atoms with E-state index < -0.39 is 15.1 Å². The minimum Gasteiger partial charge on any atom is -0.340 e. The maximum Gasteiger partial charge on any atom is 0.227 e. The molecule has 7 heteroatoms. The van der Waals surface area contributed by atoms with E-state index in [9.17, 15) is 13.2 Å². The number of hydrogen-bond donors (Lipinski definition) is 0. The van der Waals surface area contributed by atoms with Gasteiger partial charge in [-0.25, -0.2) is 13.4 Å². The summed E-state index contributed by atoms with van der Waals surface area (Å²) >= 11 is 0. The van der Waals surface area contributed by atoms with E-state index in [1.807, 2.05) is 6.08 Å². The Morgan fingerprint density at radius 3 is 2.67 bits per heavy atom. The highest BCUT2D eigenvalue weighted by Gasteiger charge is 2.43. The van der Waals surface area contributed by atoms with Crippen molar-refractivity contribution in [1.82, 2.24) is 14.5 Å². The summed E-state index contributed by atoms with van der Waals surface area (Å²) in [6, 6.07) is 0. The maximum atomic E-state index is 12.4. The average Bonchev–Trinajstić information content (AvgIpc) is 2.84. The second kappa shape index (κ2) is 5.29. The number of likely N-dealkylation sites (tertiary alicyclic amines) is 1. The van der Waals surface area contributed by atoms with Gasteiger partial charge in [-0.1, -0.05) is 12.2 Å². The summed E-state index contributed by atoms with van der Waals surface area (Å²) in [5.74, 6) is 0.109. The molecular weight excluding hydrogens is 290 g/mol. The van der Waals surface area contributed by atoms with Crippen molar-refractivity contribution >= 4 is 15.7 Å². The highest BCUT2D eigenvalue weighted by atomic mass is 32.2. The van der Waals surface area contributed by atoms with Gasteiger partial charge in [-0.05, 0) is 19.3 Å². The van der Waals surface area contributed by atoms with Gasteiger partial charge in [0.2, 0.25) is 20.9 Å². The van der Waals surface area contributed by atoms with Crippen LogP contribution in [0, 0.1) is 5.92 Å². The topological polar surface area (TPSA) is 72.3 Å². The monoisotopic (exact) mass is 309 g/mol. The number of nitrogens with zero attached hydrogens (tertiary/aromatic N) is 3. The van der Waals surface area contributed by atoms with Crippen LogP contribution in [0.1, 0.15) is 19.3 Å². The fourth-order valence-electron chi connectivity index (χ4n) is 2.87. The Labute approximate surface area is 124 Å². The van der Waals surface area contributed by atoms with Crippen LogP contribution in [0.2, 0.25) is 0 Å². The third kappa shape index (κ3) is 2.50. The zero-order chi connectivity index (χ0) is 15.0. The van der Waals surface area contributed by atoms with Crippen LogP contribution in [0.4, 0.5) is 0 Å². The molecule has 0 N–H and O–H groups in total. The molecule has 0 radical (unpaired) electrons. The van der Waals surface area contributed by atoms with Gasteiger partial charge in [0.25, 0.3) is 0 Å². The van der Waals surface area contributed by atoms with Crippen LogP contribution < -0.4 is 0 Å². The first-order valence-electron chi connectivity index (χ1n) is 7.15. The molecule has 0 aromatic carbocycles. The lowest BCUT2D eigenvalue weighted by atomic mass is 9.92. The molecular formula is C14H19N3O3S. The lowest BCUT2D eigenvalue weighted by Crippen LogP contribution is -2.58. The van der Waals surface area contributed by atoms with Crippen molar-refractivity contribution in [2.24, 2.45) is 13.0 Å². The largest absolute Gasteiger partial charge is 0.340 e. The fourth-order valence-corrected chi connectivity index (χ4v) is 4.59. The van der Waals surface area contributed by atoms with E-state index in [4.69, 9.17) is 0 Å². The lowest BCUT2D eigenvalue weighted by Gasteiger charge is -2.40. The Morgan fingerprint density at radius 2 is 2.10 bits per heavy atom. The molecule has 0 unspecified atom stereocenters. The summed E-state index contributed by atoms with van der Waals surface area (Å²) < 4.78 is 26.3. The number of allylic oxidation sites excluding steroid dienone is 2. The van der Waals surface area contributed by atoms with Crippen molar-refractivity contribution in [1.29, 1.82) is 0 Å². The number of amides is 1. The third-order valence-corrected chi connectivity index (χ3v) is 6.33. The molecule has 1 aromatic rings. The molecule has 114 valence electrons. The molecule has 1 aromatic heterocycles. The van der Waals surface area contributed by atoms with E-state index in [0.29, 0.717) is 0 Å². The molecule has 6 nitrogen and oxygen atoms in total. The molecule has 1 atom stereocenters. The van der Waals surface area contributed by atoms with Gasteiger partial charge < -0.3 is 9.47 Å². The summed E-state index contributed by atoms with van der Waals surface area (Å²) in [5, 5.41) is -0.443. The van der Waals surface area contributed by atoms with Crippen molar-refractivity contribution in [3.05, 3.63) is 24.5 Å². The van der Waals surface area contributed by atoms with Gasteiger partial charge in [-0.2, -0.15) is 0 Å². The van der Waals surface area contributed by atoms with Crippen molar-refractivity contribution in [3.8, 4) is 0 Å². The number of imidazole rings is 1. The van der Waals surface area contributed by atoms with E-state index in [-0.39, 0.29) is 30.1 Å². The Morgan fingerprint density at radius 1 is 1.33 bits per heavy atom. The van der Waals surface area contributed by atoms with E-state index in [2.05, 4.69) is 11.1 Å². The number of aryl methyl sites for hydroxylation is 1. The summed E-state index contributed by atoms with van der Waals surface area (Å²) in [6.07, 6.45) is 9.78. The predicted molar refractivity (Wildman–Crippen MR) is 77.2 cm³/mol. The van der Waals surface area contributed by atoms with E-state index in [1.165, 1.54) is 10.8 Å². The molecule has 21 heavy (non-hydrogen) atoms. The number of carbonyl (C=O) groups excluding carboxylic acids is 1. The average molecular weight is 309 g/mol. The normalized spacial score (nSPS) is 23.1. The zero-order valence-corrected chi connectivity index (χ0v) is 12.8. The predicted octanol–water partition coefficient (Wildman–Crippen LogP) is 0.761. The van der Waals surface area contributed by atoms with Gasteiger partial charge in [0, 0.05) is 38.4 Å². The molecule has 1 aliphatic heterocycles. The zero-order valence-electron chi connectivity index (χ0n) is 12.0. The highest BCUT2D eigenvalue weighted by Crippen LogP contribution is 2.27. The molecule has 0 saturated carbocycles. The maximum absolute atomic E-state index is 12.4. The molecule has 0 bridgehead atoms. The molecule has 0 spiro atoms. The minimum absolute atomic E-state index is 0.0202. The van der Waals surface area contributed by atoms with Crippen molar-refractivity contribution < 1.29 is 13.2 Å². The van der Waals surface area contributed by atoms with E-state index in [0.717, 1.165) is 19.3 Å². The molecule has 1 saturated heterocycles. The second-order valence-corrected chi connectivity index (χ2v) is 7.83. The molecule has 1 amide bonds. The molecule has 1 fully saturated rings. The lowest BCUT2D eigenvalue weighted by molar-refractivity contribution is -0.139. The minimum atomic E-state index is -3.44. The first kappa shape index (κ1) is 14.3. The molecule has 1 aliphatic carbocycles. The standard InChI is InChI=1S/C14H19N3O3S/c1-16-8-7-15-14(16)21(19,20)12-9-17(10-12)13(18)11-5-3-2-4-6-11/h2-3,7-8,11-12H,4-6,9-10H2,1H3/t11-/m1/s1. The summed E-state index contributed by atoms with van der Waals surface area (Å²) in [5.41, 5.74) is 0. The molecule has 3 rings (SSSR count). The van der Waals surface area contributed by atoms with Crippen LogP contribution in [-0.4, -0.2) is 47.1 Å². The van der Waals surface area contributed by atoms with Gasteiger partial charge in [0.05, 0.1) is 0 Å². The summed E-state index contributed by atoms with van der Waals surface area (Å²) in [4.78, 5) is 17.9. The smallest absolute Gasteiger partial charge is 0.227 e. The van der Waals surface area contributed by atoms with Crippen LogP contribution in [0.3, 0.4) is 0 Å². The highest BCUT2D eigenvalue weighted by molar-refractivity contribution is 7.92. The first-order valence-corrected chi connectivity index (χ1v) is 8.70. The van der Waals surface area contributed by atoms with Crippen molar-refractivity contribution in [3.63, 3.8) is 0 Å². The van der Waals surface area contributed by atoms with Crippen molar-refractivity contribution in [2.45, 2.75) is 29.7 Å². The number of sulfone groups is 1. The van der Waals surface area contributed by atoms with Gasteiger partial charge in [0.15, 0.2) is 0 Å². The molecule has 2 heterocycles. The van der Waals surface area contributed by atoms with Crippen LogP contribution in [0.15, 0.2) is 29.7 Å². The van der Waals surface area contributed by atoms with Gasteiger partial charge >= 0.3 is 0 Å². The van der Waals surface area contributed by atoms with Crippen LogP contribution in [0.5, 0.6) is 0 Å². The number of aromatic nitrogens is 2. The second-order valence-electron chi connectivity index (χ2n) is 5.71. The number of carbonyl (C=O) groups is 1. The quantitative estimate of drug-likeness (QED) is 0.773. The van der Waals surface area contributed by atoms with Crippen LogP contribution >= 0.6 is 0 Å². The summed E-state index contributed by atoms with van der Waals surface area (Å²) in [6.45, 7) is 0.572.